The third-order valence-corrected chi connectivity index (χ3v) is 3.30. The topological polar surface area (TPSA) is 59.1 Å². The average Bonchev–Trinajstić information content (AvgIpc) is 2.41. The molecule has 0 spiro atoms. The van der Waals surface area contributed by atoms with E-state index >= 15 is 0 Å². The number of hydrogen-bond acceptors (Lipinski definition) is 2. The summed E-state index contributed by atoms with van der Waals surface area (Å²) in [5.74, 6) is -1.12. The first-order chi connectivity index (χ1) is 9.49. The number of halogens is 3. The first-order valence-corrected chi connectivity index (χ1v) is 6.48. The van der Waals surface area contributed by atoms with Crippen LogP contribution in [-0.2, 0) is 6.61 Å². The number of ether oxygens (including phenoxy) is 1. The molecule has 0 amide bonds. The zero-order valence-corrected chi connectivity index (χ0v) is 11.9. The molecular formula is C14H11BrF2N2O. The molecule has 2 aromatic rings. The molecule has 2 aromatic carbocycles. The predicted molar refractivity (Wildman–Crippen MR) is 75.8 cm³/mol. The molecule has 0 aliphatic carbocycles. The quantitative estimate of drug-likeness (QED) is 0.660. The van der Waals surface area contributed by atoms with Crippen molar-refractivity contribution in [2.24, 2.45) is 5.73 Å². The summed E-state index contributed by atoms with van der Waals surface area (Å²) in [5, 5.41) is 7.26. The summed E-state index contributed by atoms with van der Waals surface area (Å²) in [5.41, 5.74) is 5.55. The zero-order valence-electron chi connectivity index (χ0n) is 10.3. The highest BCUT2D eigenvalue weighted by atomic mass is 79.9. The van der Waals surface area contributed by atoms with E-state index in [1.54, 1.807) is 12.1 Å². The number of nitrogens with one attached hydrogen (secondary N) is 1. The van der Waals surface area contributed by atoms with Crippen LogP contribution in [0.5, 0.6) is 5.75 Å². The molecule has 0 aliphatic heterocycles. The molecule has 3 N–H and O–H groups in total. The van der Waals surface area contributed by atoms with Gasteiger partial charge in [-0.25, -0.2) is 8.78 Å². The number of benzene rings is 2. The Kier molecular flexibility index (Phi) is 4.34. The third kappa shape index (κ3) is 3.14. The van der Waals surface area contributed by atoms with Gasteiger partial charge in [0.05, 0.1) is 10.0 Å². The van der Waals surface area contributed by atoms with Crippen molar-refractivity contribution in [1.82, 2.24) is 0 Å². The molecule has 104 valence electrons. The summed E-state index contributed by atoms with van der Waals surface area (Å²) in [7, 11) is 0. The van der Waals surface area contributed by atoms with Crippen LogP contribution >= 0.6 is 15.9 Å². The van der Waals surface area contributed by atoms with Crippen molar-refractivity contribution in [2.45, 2.75) is 6.61 Å². The Morgan fingerprint density at radius 2 is 2.00 bits per heavy atom. The molecule has 0 aromatic heterocycles. The van der Waals surface area contributed by atoms with E-state index in [1.807, 2.05) is 0 Å². The molecule has 0 bridgehead atoms. The molecule has 0 radical (unpaired) electrons. The van der Waals surface area contributed by atoms with E-state index < -0.39 is 11.6 Å². The minimum atomic E-state index is -0.599. The van der Waals surface area contributed by atoms with Gasteiger partial charge >= 0.3 is 0 Å². The molecule has 0 saturated carbocycles. The molecule has 2 rings (SSSR count). The SMILES string of the molecule is N=C(N)c1cccc(COc2ccc(Br)c(F)c2)c1F. The van der Waals surface area contributed by atoms with Crippen LogP contribution in [0.15, 0.2) is 40.9 Å². The van der Waals surface area contributed by atoms with E-state index in [4.69, 9.17) is 15.9 Å². The molecule has 6 heteroatoms. The van der Waals surface area contributed by atoms with Gasteiger partial charge in [0.2, 0.25) is 0 Å². The fraction of sp³-hybridized carbons (Fsp3) is 0.0714. The summed E-state index contributed by atoms with van der Waals surface area (Å²) >= 11 is 3.03. The lowest BCUT2D eigenvalue weighted by Gasteiger charge is -2.09. The van der Waals surface area contributed by atoms with E-state index in [2.05, 4.69) is 15.9 Å². The van der Waals surface area contributed by atoms with Gasteiger partial charge in [0.15, 0.2) is 0 Å². The number of hydrogen-bond donors (Lipinski definition) is 2. The predicted octanol–water partition coefficient (Wildman–Crippen LogP) is 3.59. The van der Waals surface area contributed by atoms with Crippen molar-refractivity contribution in [1.29, 1.82) is 5.41 Å². The Labute approximate surface area is 123 Å². The van der Waals surface area contributed by atoms with Crippen LogP contribution in [0.4, 0.5) is 8.78 Å². The van der Waals surface area contributed by atoms with E-state index in [1.165, 1.54) is 24.3 Å². The van der Waals surface area contributed by atoms with Gasteiger partial charge in [-0.1, -0.05) is 12.1 Å². The Balaban J connectivity index is 2.17. The maximum absolute atomic E-state index is 14.0. The lowest BCUT2D eigenvalue weighted by atomic mass is 10.1. The Hall–Kier alpha value is -1.95. The normalized spacial score (nSPS) is 10.3. The Morgan fingerprint density at radius 1 is 1.25 bits per heavy atom. The van der Waals surface area contributed by atoms with E-state index in [0.717, 1.165) is 0 Å². The maximum atomic E-state index is 14.0. The van der Waals surface area contributed by atoms with Crippen molar-refractivity contribution in [3.63, 3.8) is 0 Å². The minimum absolute atomic E-state index is 0.0214. The number of rotatable bonds is 4. The van der Waals surface area contributed by atoms with Crippen LogP contribution in [0.25, 0.3) is 0 Å². The summed E-state index contributed by atoms with van der Waals surface area (Å²) in [6.45, 7) is -0.0754. The number of amidine groups is 1. The molecule has 0 aliphatic rings. The first kappa shape index (κ1) is 14.5. The monoisotopic (exact) mass is 340 g/mol. The summed E-state index contributed by atoms with van der Waals surface area (Å²) in [6.07, 6.45) is 0. The van der Waals surface area contributed by atoms with Crippen LogP contribution in [-0.4, -0.2) is 5.84 Å². The number of nitrogen functional groups attached to an aromatic ring is 1. The molecule has 20 heavy (non-hydrogen) atoms. The van der Waals surface area contributed by atoms with Gasteiger partial charge in [-0.2, -0.15) is 0 Å². The zero-order chi connectivity index (χ0) is 14.7. The third-order valence-electron chi connectivity index (χ3n) is 2.65. The van der Waals surface area contributed by atoms with Crippen molar-refractivity contribution >= 4 is 21.8 Å². The highest BCUT2D eigenvalue weighted by Gasteiger charge is 2.11. The fourth-order valence-electron chi connectivity index (χ4n) is 1.63. The number of nitrogens with two attached hydrogens (primary N) is 1. The van der Waals surface area contributed by atoms with Gasteiger partial charge < -0.3 is 10.5 Å². The van der Waals surface area contributed by atoms with Gasteiger partial charge in [0.1, 0.15) is 29.8 Å². The van der Waals surface area contributed by atoms with E-state index in [9.17, 15) is 8.78 Å². The second kappa shape index (κ2) is 6.00. The van der Waals surface area contributed by atoms with E-state index in [-0.39, 0.29) is 23.6 Å². The highest BCUT2D eigenvalue weighted by molar-refractivity contribution is 9.10. The molecular weight excluding hydrogens is 330 g/mol. The molecule has 0 atom stereocenters. The molecule has 3 nitrogen and oxygen atoms in total. The van der Waals surface area contributed by atoms with Crippen LogP contribution in [0, 0.1) is 17.0 Å². The van der Waals surface area contributed by atoms with Gasteiger partial charge in [-0.15, -0.1) is 0 Å². The van der Waals surface area contributed by atoms with Gasteiger partial charge in [0.25, 0.3) is 0 Å². The minimum Gasteiger partial charge on any atom is -0.489 e. The summed E-state index contributed by atoms with van der Waals surface area (Å²) in [6, 6.07) is 8.81. The summed E-state index contributed by atoms with van der Waals surface area (Å²) < 4.78 is 33.0. The van der Waals surface area contributed by atoms with Crippen molar-refractivity contribution in [2.75, 3.05) is 0 Å². The van der Waals surface area contributed by atoms with E-state index in [0.29, 0.717) is 10.2 Å². The molecule has 0 saturated heterocycles. The maximum Gasteiger partial charge on any atom is 0.141 e. The van der Waals surface area contributed by atoms with Crippen LogP contribution in [0.1, 0.15) is 11.1 Å². The molecule has 0 heterocycles. The lowest BCUT2D eigenvalue weighted by molar-refractivity contribution is 0.298. The smallest absolute Gasteiger partial charge is 0.141 e. The van der Waals surface area contributed by atoms with Gasteiger partial charge in [0, 0.05) is 11.6 Å². The Bertz CT molecular complexity index is 662. The van der Waals surface area contributed by atoms with Crippen molar-refractivity contribution in [3.8, 4) is 5.75 Å². The molecule has 0 unspecified atom stereocenters. The highest BCUT2D eigenvalue weighted by Crippen LogP contribution is 2.22. The lowest BCUT2D eigenvalue weighted by Crippen LogP contribution is -2.14. The average molecular weight is 341 g/mol. The van der Waals surface area contributed by atoms with Gasteiger partial charge in [-0.05, 0) is 34.1 Å². The van der Waals surface area contributed by atoms with Crippen molar-refractivity contribution in [3.05, 3.63) is 63.6 Å². The van der Waals surface area contributed by atoms with Crippen molar-refractivity contribution < 1.29 is 13.5 Å². The summed E-state index contributed by atoms with van der Waals surface area (Å²) in [4.78, 5) is 0. The van der Waals surface area contributed by atoms with Crippen LogP contribution in [0.2, 0.25) is 0 Å². The molecule has 0 fully saturated rings. The second-order valence-corrected chi connectivity index (χ2v) is 4.91. The fourth-order valence-corrected chi connectivity index (χ4v) is 1.87. The standard InChI is InChI=1S/C14H11BrF2N2O/c15-11-5-4-9(6-12(11)16)20-7-8-2-1-3-10(13(8)17)14(18)19/h1-6H,7H2,(H3,18,19). The Morgan fingerprint density at radius 3 is 2.65 bits per heavy atom. The van der Waals surface area contributed by atoms with Crippen LogP contribution < -0.4 is 10.5 Å². The van der Waals surface area contributed by atoms with Gasteiger partial charge in [-0.3, -0.25) is 5.41 Å². The second-order valence-electron chi connectivity index (χ2n) is 4.06. The largest absolute Gasteiger partial charge is 0.489 e. The van der Waals surface area contributed by atoms with Crippen LogP contribution in [0.3, 0.4) is 0 Å². The first-order valence-electron chi connectivity index (χ1n) is 5.68.